The molecule has 1 aliphatic heterocycles. The number of alkyl halides is 3. The van der Waals surface area contributed by atoms with Gasteiger partial charge in [0.15, 0.2) is 0 Å². The maximum atomic E-state index is 13.1. The average Bonchev–Trinajstić information content (AvgIpc) is 3.17. The van der Waals surface area contributed by atoms with Crippen LogP contribution in [0.25, 0.3) is 0 Å². The third kappa shape index (κ3) is 4.03. The number of nitrogens with one attached hydrogen (secondary N) is 1. The van der Waals surface area contributed by atoms with Crippen LogP contribution in [0.5, 0.6) is 11.5 Å². The zero-order valence-corrected chi connectivity index (χ0v) is 15.0. The van der Waals surface area contributed by atoms with Gasteiger partial charge in [-0.05, 0) is 30.3 Å². The fraction of sp³-hybridized carbons (Fsp3) is 0.263. The summed E-state index contributed by atoms with van der Waals surface area (Å²) in [6.45, 7) is 0. The number of rotatable bonds is 5. The quantitative estimate of drug-likeness (QED) is 0.836. The number of hydrogen-bond acceptors (Lipinski definition) is 5. The highest BCUT2D eigenvalue weighted by Gasteiger charge is 2.35. The van der Waals surface area contributed by atoms with Crippen molar-refractivity contribution in [1.29, 1.82) is 0 Å². The minimum atomic E-state index is -4.59. The number of methoxy groups -OCH3 is 2. The Morgan fingerprint density at radius 1 is 1.18 bits per heavy atom. The molecule has 6 nitrogen and oxygen atoms in total. The maximum absolute atomic E-state index is 13.1. The van der Waals surface area contributed by atoms with E-state index in [1.54, 1.807) is 18.2 Å². The van der Waals surface area contributed by atoms with Crippen molar-refractivity contribution in [2.45, 2.75) is 18.7 Å². The molecule has 0 radical (unpaired) electrons. The molecule has 0 aliphatic carbocycles. The van der Waals surface area contributed by atoms with Crippen LogP contribution in [0.3, 0.4) is 0 Å². The second-order valence-electron chi connectivity index (χ2n) is 5.93. The lowest BCUT2D eigenvalue weighted by Gasteiger charge is -2.15. The van der Waals surface area contributed by atoms with Crippen molar-refractivity contribution in [1.82, 2.24) is 0 Å². The number of para-hydroxylation sites is 1. The third-order valence-electron chi connectivity index (χ3n) is 4.17. The zero-order chi connectivity index (χ0) is 20.3. The molecule has 9 heteroatoms. The first kappa shape index (κ1) is 19.5. The van der Waals surface area contributed by atoms with E-state index in [4.69, 9.17) is 14.3 Å². The summed E-state index contributed by atoms with van der Waals surface area (Å²) in [4.78, 5) is 17.6. The number of benzene rings is 2. The SMILES string of the molecule is COc1ccc(OC)c(C2=NOC(C(=O)Nc3ccccc3C(F)(F)F)C2)c1. The lowest BCUT2D eigenvalue weighted by Crippen LogP contribution is -2.29. The van der Waals surface area contributed by atoms with Gasteiger partial charge in [-0.25, -0.2) is 0 Å². The first-order valence-corrected chi connectivity index (χ1v) is 8.25. The lowest BCUT2D eigenvalue weighted by molar-refractivity contribution is -0.137. The van der Waals surface area contributed by atoms with Gasteiger partial charge in [0.1, 0.15) is 11.5 Å². The number of amides is 1. The summed E-state index contributed by atoms with van der Waals surface area (Å²) in [5.74, 6) is 0.342. The standard InChI is InChI=1S/C19H17F3N2O4/c1-26-11-7-8-16(27-2)12(9-11)15-10-17(28-24-15)18(25)23-14-6-4-3-5-13(14)19(20,21)22/h3-9,17H,10H2,1-2H3,(H,23,25). The summed E-state index contributed by atoms with van der Waals surface area (Å²) < 4.78 is 49.7. The smallest absolute Gasteiger partial charge is 0.418 e. The Labute approximate surface area is 158 Å². The van der Waals surface area contributed by atoms with Crippen molar-refractivity contribution < 1.29 is 32.3 Å². The van der Waals surface area contributed by atoms with Crippen LogP contribution >= 0.6 is 0 Å². The Bertz CT molecular complexity index is 912. The van der Waals surface area contributed by atoms with Gasteiger partial charge in [0, 0.05) is 12.0 Å². The molecule has 28 heavy (non-hydrogen) atoms. The van der Waals surface area contributed by atoms with Gasteiger partial charge >= 0.3 is 6.18 Å². The highest BCUT2D eigenvalue weighted by atomic mass is 19.4. The maximum Gasteiger partial charge on any atom is 0.418 e. The van der Waals surface area contributed by atoms with E-state index in [1.807, 2.05) is 0 Å². The van der Waals surface area contributed by atoms with Gasteiger partial charge in [0.2, 0.25) is 6.10 Å². The molecule has 1 heterocycles. The molecular formula is C19H17F3N2O4. The fourth-order valence-corrected chi connectivity index (χ4v) is 2.77. The molecule has 148 valence electrons. The number of anilines is 1. The number of ether oxygens (including phenoxy) is 2. The number of carbonyl (C=O) groups is 1. The first-order valence-electron chi connectivity index (χ1n) is 8.25. The van der Waals surface area contributed by atoms with Crippen LogP contribution in [0.4, 0.5) is 18.9 Å². The highest BCUT2D eigenvalue weighted by molar-refractivity contribution is 6.07. The van der Waals surface area contributed by atoms with Gasteiger partial charge < -0.3 is 19.6 Å². The van der Waals surface area contributed by atoms with Crippen molar-refractivity contribution in [3.05, 3.63) is 53.6 Å². The van der Waals surface area contributed by atoms with E-state index in [2.05, 4.69) is 10.5 Å². The van der Waals surface area contributed by atoms with Crippen LogP contribution in [-0.2, 0) is 15.8 Å². The summed E-state index contributed by atoms with van der Waals surface area (Å²) in [7, 11) is 2.99. The molecule has 0 saturated heterocycles. The number of hydrogen-bond donors (Lipinski definition) is 1. The summed E-state index contributed by atoms with van der Waals surface area (Å²) in [5, 5.41) is 6.17. The molecule has 0 saturated carbocycles. The number of oxime groups is 1. The normalized spacial score (nSPS) is 16.2. The van der Waals surface area contributed by atoms with E-state index in [1.165, 1.54) is 32.4 Å². The van der Waals surface area contributed by atoms with Gasteiger partial charge in [-0.3, -0.25) is 4.79 Å². The molecule has 0 aromatic heterocycles. The van der Waals surface area contributed by atoms with Gasteiger partial charge in [0.05, 0.1) is 31.2 Å². The predicted molar refractivity (Wildman–Crippen MR) is 95.6 cm³/mol. The monoisotopic (exact) mass is 394 g/mol. The van der Waals surface area contributed by atoms with Crippen LogP contribution in [0.2, 0.25) is 0 Å². The Balaban J connectivity index is 1.75. The molecule has 1 amide bonds. The molecule has 2 aromatic rings. The third-order valence-corrected chi connectivity index (χ3v) is 4.17. The minimum Gasteiger partial charge on any atom is -0.497 e. The van der Waals surface area contributed by atoms with Crippen LogP contribution in [0.15, 0.2) is 47.6 Å². The van der Waals surface area contributed by atoms with Crippen molar-refractivity contribution in [2.24, 2.45) is 5.16 Å². The molecule has 1 atom stereocenters. The van der Waals surface area contributed by atoms with Crippen LogP contribution in [-0.4, -0.2) is 31.9 Å². The Morgan fingerprint density at radius 2 is 1.93 bits per heavy atom. The van der Waals surface area contributed by atoms with Gasteiger partial charge in [-0.15, -0.1) is 0 Å². The molecular weight excluding hydrogens is 377 g/mol. The van der Waals surface area contributed by atoms with E-state index in [0.29, 0.717) is 22.8 Å². The first-order chi connectivity index (χ1) is 13.3. The Hall–Kier alpha value is -3.23. The lowest BCUT2D eigenvalue weighted by atomic mass is 10.0. The number of nitrogens with zero attached hydrogens (tertiary/aromatic N) is 1. The van der Waals surface area contributed by atoms with Crippen LogP contribution in [0, 0.1) is 0 Å². The second-order valence-corrected chi connectivity index (χ2v) is 5.93. The van der Waals surface area contributed by atoms with Crippen molar-refractivity contribution in [2.75, 3.05) is 19.5 Å². The van der Waals surface area contributed by atoms with Gasteiger partial charge in [-0.2, -0.15) is 13.2 Å². The summed E-state index contributed by atoms with van der Waals surface area (Å²) >= 11 is 0. The molecule has 2 aromatic carbocycles. The minimum absolute atomic E-state index is 0.0730. The predicted octanol–water partition coefficient (Wildman–Crippen LogP) is 3.85. The highest BCUT2D eigenvalue weighted by Crippen LogP contribution is 2.35. The topological polar surface area (TPSA) is 69.1 Å². The van der Waals surface area contributed by atoms with E-state index in [0.717, 1.165) is 6.07 Å². The molecule has 0 fully saturated rings. The van der Waals surface area contributed by atoms with Crippen molar-refractivity contribution in [3.8, 4) is 11.5 Å². The zero-order valence-electron chi connectivity index (χ0n) is 15.0. The summed E-state index contributed by atoms with van der Waals surface area (Å²) in [5.41, 5.74) is -0.263. The molecule has 1 N–H and O–H groups in total. The second kappa shape index (κ2) is 7.79. The van der Waals surface area contributed by atoms with Gasteiger partial charge in [0.25, 0.3) is 5.91 Å². The fourth-order valence-electron chi connectivity index (χ4n) is 2.77. The van der Waals surface area contributed by atoms with E-state index in [-0.39, 0.29) is 12.1 Å². The van der Waals surface area contributed by atoms with Gasteiger partial charge in [-0.1, -0.05) is 17.3 Å². The molecule has 1 unspecified atom stereocenters. The Morgan fingerprint density at radius 3 is 2.61 bits per heavy atom. The molecule has 1 aliphatic rings. The Kier molecular flexibility index (Phi) is 5.43. The van der Waals surface area contributed by atoms with E-state index >= 15 is 0 Å². The summed E-state index contributed by atoms with van der Waals surface area (Å²) in [6.07, 6.45) is -5.58. The number of halogens is 3. The van der Waals surface area contributed by atoms with Crippen LogP contribution < -0.4 is 14.8 Å². The molecule has 3 rings (SSSR count). The number of carbonyl (C=O) groups excluding carboxylic acids is 1. The van der Waals surface area contributed by atoms with Crippen molar-refractivity contribution >= 4 is 17.3 Å². The average molecular weight is 394 g/mol. The van der Waals surface area contributed by atoms with E-state index < -0.39 is 23.8 Å². The molecule has 0 bridgehead atoms. The molecule has 0 spiro atoms. The van der Waals surface area contributed by atoms with Crippen molar-refractivity contribution in [3.63, 3.8) is 0 Å². The summed E-state index contributed by atoms with van der Waals surface area (Å²) in [6, 6.07) is 9.81. The largest absolute Gasteiger partial charge is 0.497 e. The van der Waals surface area contributed by atoms with E-state index in [9.17, 15) is 18.0 Å². The van der Waals surface area contributed by atoms with Crippen LogP contribution in [0.1, 0.15) is 17.5 Å².